The van der Waals surface area contributed by atoms with Gasteiger partial charge >= 0.3 is 12.1 Å². The van der Waals surface area contributed by atoms with Gasteiger partial charge in [0.25, 0.3) is 0 Å². The fourth-order valence-electron chi connectivity index (χ4n) is 1.72. The first-order valence-electron chi connectivity index (χ1n) is 5.50. The van der Waals surface area contributed by atoms with Crippen LogP contribution in [-0.2, 0) is 14.3 Å². The van der Waals surface area contributed by atoms with Crippen molar-refractivity contribution in [3.05, 3.63) is 0 Å². The number of hydrogen-bond acceptors (Lipinski definition) is 4. The van der Waals surface area contributed by atoms with Gasteiger partial charge in [-0.25, -0.2) is 4.79 Å². The Kier molecular flexibility index (Phi) is 3.98. The van der Waals surface area contributed by atoms with Gasteiger partial charge in [0.15, 0.2) is 0 Å². The van der Waals surface area contributed by atoms with Crippen LogP contribution in [-0.4, -0.2) is 47.6 Å². The summed E-state index contributed by atoms with van der Waals surface area (Å²) >= 11 is 0. The molecule has 1 saturated heterocycles. The molecular weight excluding hydrogens is 226 g/mol. The topological polar surface area (TPSA) is 76.1 Å². The van der Waals surface area contributed by atoms with Crippen LogP contribution in [0.2, 0.25) is 0 Å². The van der Waals surface area contributed by atoms with E-state index in [1.165, 1.54) is 12.0 Å². The minimum atomic E-state index is -0.918. The van der Waals surface area contributed by atoms with E-state index in [1.807, 2.05) is 0 Å². The average Bonchev–Trinajstić information content (AvgIpc) is 2.58. The fraction of sp³-hybridized carbons (Fsp3) is 0.818. The summed E-state index contributed by atoms with van der Waals surface area (Å²) in [4.78, 5) is 24.0. The summed E-state index contributed by atoms with van der Waals surface area (Å²) in [5.74, 6) is -1.51. The second-order valence-electron chi connectivity index (χ2n) is 5.09. The van der Waals surface area contributed by atoms with Crippen molar-refractivity contribution in [2.24, 2.45) is 5.92 Å². The Balaban J connectivity index is 2.69. The minimum Gasteiger partial charge on any atom is -0.481 e. The van der Waals surface area contributed by atoms with E-state index in [2.05, 4.69) is 0 Å². The molecule has 0 aromatic carbocycles. The molecule has 1 aliphatic heterocycles. The highest BCUT2D eigenvalue weighted by Gasteiger charge is 2.40. The molecule has 0 spiro atoms. The van der Waals surface area contributed by atoms with Crippen molar-refractivity contribution in [2.75, 3.05) is 13.7 Å². The van der Waals surface area contributed by atoms with E-state index < -0.39 is 29.8 Å². The smallest absolute Gasteiger partial charge is 0.412 e. The van der Waals surface area contributed by atoms with Gasteiger partial charge in [0.05, 0.1) is 5.92 Å². The lowest BCUT2D eigenvalue weighted by atomic mass is 10.1. The molecule has 1 N–H and O–H groups in total. The van der Waals surface area contributed by atoms with E-state index in [4.69, 9.17) is 14.6 Å². The third-order valence-corrected chi connectivity index (χ3v) is 2.50. The van der Waals surface area contributed by atoms with Gasteiger partial charge in [0, 0.05) is 20.1 Å². The number of methoxy groups -OCH3 is 1. The maximum absolute atomic E-state index is 11.8. The summed E-state index contributed by atoms with van der Waals surface area (Å²) in [7, 11) is 1.45. The van der Waals surface area contributed by atoms with E-state index in [-0.39, 0.29) is 6.54 Å². The number of nitrogens with zero attached hydrogens (tertiary/aromatic N) is 1. The average molecular weight is 245 g/mol. The summed E-state index contributed by atoms with van der Waals surface area (Å²) in [5, 5.41) is 8.92. The van der Waals surface area contributed by atoms with Crippen molar-refractivity contribution in [1.29, 1.82) is 0 Å². The van der Waals surface area contributed by atoms with Crippen LogP contribution in [0.15, 0.2) is 0 Å². The molecule has 2 atom stereocenters. The van der Waals surface area contributed by atoms with Crippen LogP contribution in [0.5, 0.6) is 0 Å². The molecular formula is C11H19NO5. The van der Waals surface area contributed by atoms with Crippen molar-refractivity contribution in [2.45, 2.75) is 39.0 Å². The number of aliphatic carboxylic acids is 1. The molecule has 1 amide bonds. The van der Waals surface area contributed by atoms with E-state index >= 15 is 0 Å². The molecule has 1 aliphatic rings. The highest BCUT2D eigenvalue weighted by atomic mass is 16.6. The number of amides is 1. The van der Waals surface area contributed by atoms with Crippen molar-refractivity contribution < 1.29 is 24.2 Å². The molecule has 98 valence electrons. The standard InChI is InChI=1S/C11H19NO5/c1-11(2,3)17-10(15)12-6-7(9(13)14)5-8(12)16-4/h7-8H,5-6H2,1-4H3,(H,13,14). The van der Waals surface area contributed by atoms with E-state index in [9.17, 15) is 9.59 Å². The predicted molar refractivity (Wildman–Crippen MR) is 59.5 cm³/mol. The summed E-state index contributed by atoms with van der Waals surface area (Å²) in [6.45, 7) is 5.41. The van der Waals surface area contributed by atoms with Crippen molar-refractivity contribution in [3.63, 3.8) is 0 Å². The van der Waals surface area contributed by atoms with Gasteiger partial charge in [-0.1, -0.05) is 0 Å². The van der Waals surface area contributed by atoms with Crippen LogP contribution in [0.3, 0.4) is 0 Å². The highest BCUT2D eigenvalue weighted by Crippen LogP contribution is 2.25. The molecule has 0 saturated carbocycles. The molecule has 0 bridgehead atoms. The van der Waals surface area contributed by atoms with Crippen molar-refractivity contribution in [1.82, 2.24) is 4.90 Å². The molecule has 1 rings (SSSR count). The van der Waals surface area contributed by atoms with Gasteiger partial charge in [-0.05, 0) is 20.8 Å². The molecule has 0 aromatic heterocycles. The zero-order valence-electron chi connectivity index (χ0n) is 10.6. The monoisotopic (exact) mass is 245 g/mol. The van der Waals surface area contributed by atoms with Gasteiger partial charge in [0.1, 0.15) is 11.8 Å². The van der Waals surface area contributed by atoms with Crippen LogP contribution < -0.4 is 0 Å². The van der Waals surface area contributed by atoms with E-state index in [0.717, 1.165) is 0 Å². The van der Waals surface area contributed by atoms with Crippen LogP contribution in [0, 0.1) is 5.92 Å². The van der Waals surface area contributed by atoms with Crippen LogP contribution in [0.25, 0.3) is 0 Å². The number of carbonyl (C=O) groups excluding carboxylic acids is 1. The normalized spacial score (nSPS) is 24.8. The number of carbonyl (C=O) groups is 2. The summed E-state index contributed by atoms with van der Waals surface area (Å²) < 4.78 is 10.3. The lowest BCUT2D eigenvalue weighted by molar-refractivity contribution is -0.141. The Morgan fingerprint density at radius 1 is 1.35 bits per heavy atom. The fourth-order valence-corrected chi connectivity index (χ4v) is 1.72. The van der Waals surface area contributed by atoms with Crippen LogP contribution in [0.1, 0.15) is 27.2 Å². The first kappa shape index (κ1) is 13.8. The second-order valence-corrected chi connectivity index (χ2v) is 5.09. The number of ether oxygens (including phenoxy) is 2. The van der Waals surface area contributed by atoms with Gasteiger partial charge in [-0.2, -0.15) is 0 Å². The molecule has 6 heteroatoms. The molecule has 6 nitrogen and oxygen atoms in total. The van der Waals surface area contributed by atoms with E-state index in [0.29, 0.717) is 6.42 Å². The molecule has 0 radical (unpaired) electrons. The predicted octanol–water partition coefficient (Wildman–Crippen LogP) is 1.30. The minimum absolute atomic E-state index is 0.128. The third-order valence-electron chi connectivity index (χ3n) is 2.50. The summed E-state index contributed by atoms with van der Waals surface area (Å²) in [5.41, 5.74) is -0.601. The zero-order valence-corrected chi connectivity index (χ0v) is 10.6. The molecule has 1 fully saturated rings. The first-order valence-corrected chi connectivity index (χ1v) is 5.50. The number of hydrogen-bond donors (Lipinski definition) is 1. The number of carboxylic acid groups (broad SMARTS) is 1. The second kappa shape index (κ2) is 4.91. The van der Waals surface area contributed by atoms with Crippen LogP contribution >= 0.6 is 0 Å². The highest BCUT2D eigenvalue weighted by molar-refractivity contribution is 5.74. The Morgan fingerprint density at radius 2 is 1.94 bits per heavy atom. The van der Waals surface area contributed by atoms with Gasteiger partial charge < -0.3 is 14.6 Å². The van der Waals surface area contributed by atoms with Crippen molar-refractivity contribution >= 4 is 12.1 Å². The third kappa shape index (κ3) is 3.59. The molecule has 0 aliphatic carbocycles. The Bertz CT molecular complexity index is 309. The summed E-state index contributed by atoms with van der Waals surface area (Å²) in [6.07, 6.45) is -0.760. The van der Waals surface area contributed by atoms with Gasteiger partial charge in [-0.3, -0.25) is 9.69 Å². The maximum Gasteiger partial charge on any atom is 0.412 e. The Hall–Kier alpha value is -1.30. The maximum atomic E-state index is 11.8. The zero-order chi connectivity index (χ0) is 13.2. The van der Waals surface area contributed by atoms with Crippen LogP contribution in [0.4, 0.5) is 4.79 Å². The molecule has 17 heavy (non-hydrogen) atoms. The molecule has 1 heterocycles. The largest absolute Gasteiger partial charge is 0.481 e. The quantitative estimate of drug-likeness (QED) is 0.793. The number of carboxylic acids is 1. The van der Waals surface area contributed by atoms with E-state index in [1.54, 1.807) is 20.8 Å². The molecule has 2 unspecified atom stereocenters. The van der Waals surface area contributed by atoms with Gasteiger partial charge in [-0.15, -0.1) is 0 Å². The SMILES string of the molecule is COC1CC(C(=O)O)CN1C(=O)OC(C)(C)C. The lowest BCUT2D eigenvalue weighted by Crippen LogP contribution is -2.40. The number of rotatable bonds is 2. The Morgan fingerprint density at radius 3 is 2.35 bits per heavy atom. The summed E-state index contributed by atoms with van der Waals surface area (Å²) in [6, 6.07) is 0. The Labute approximate surface area is 100 Å². The number of likely N-dealkylation sites (tertiary alicyclic amines) is 1. The molecule has 0 aromatic rings. The van der Waals surface area contributed by atoms with Crippen molar-refractivity contribution in [3.8, 4) is 0 Å². The lowest BCUT2D eigenvalue weighted by Gasteiger charge is -2.27. The first-order chi connectivity index (χ1) is 7.74. The van der Waals surface area contributed by atoms with Gasteiger partial charge in [0.2, 0.25) is 0 Å².